The Hall–Kier alpha value is -1.20. The van der Waals surface area contributed by atoms with E-state index in [1.165, 1.54) is 15.6 Å². The largest absolute Gasteiger partial charge is 0.380 e. The monoisotopic (exact) mass is 457 g/mol. The zero-order valence-corrected chi connectivity index (χ0v) is 19.4. The number of thiazole rings is 1. The second kappa shape index (κ2) is 9.74. The van der Waals surface area contributed by atoms with E-state index in [-0.39, 0.29) is 0 Å². The van der Waals surface area contributed by atoms with Gasteiger partial charge in [0.1, 0.15) is 6.04 Å². The number of ether oxygens (including phenoxy) is 1. The average molecular weight is 458 g/mol. The molecule has 0 N–H and O–H groups in total. The molecule has 0 aliphatic carbocycles. The zero-order chi connectivity index (χ0) is 21.0. The van der Waals surface area contributed by atoms with Gasteiger partial charge in [0.2, 0.25) is 10.0 Å². The molecule has 160 valence electrons. The fourth-order valence-corrected chi connectivity index (χ4v) is 6.23. The van der Waals surface area contributed by atoms with Crippen molar-refractivity contribution in [1.82, 2.24) is 8.87 Å². The minimum Gasteiger partial charge on any atom is -0.380 e. The van der Waals surface area contributed by atoms with E-state index >= 15 is 0 Å². The van der Waals surface area contributed by atoms with Crippen molar-refractivity contribution in [3.63, 3.8) is 0 Å². The van der Waals surface area contributed by atoms with Crippen molar-refractivity contribution < 1.29 is 17.9 Å². The molecule has 1 atom stereocenters. The van der Waals surface area contributed by atoms with E-state index in [4.69, 9.17) is 4.74 Å². The standard InChI is InChI=1S/C19H27N3O4S3/c1-4-26-12-11-21-15-9-8-14(27-2)13-17(15)28-19(21)20-18(23)16-7-5-6-10-22(16)29(3,24)25/h8-9,13,16H,4-7,10-12H2,1-3H3. The van der Waals surface area contributed by atoms with Crippen LogP contribution in [0.15, 0.2) is 28.1 Å². The lowest BCUT2D eigenvalue weighted by Gasteiger charge is -2.31. The fourth-order valence-electron chi connectivity index (χ4n) is 3.50. The van der Waals surface area contributed by atoms with E-state index < -0.39 is 22.0 Å². The smallest absolute Gasteiger partial charge is 0.266 e. The van der Waals surface area contributed by atoms with Crippen LogP contribution >= 0.6 is 23.1 Å². The number of rotatable bonds is 7. The number of piperidine rings is 1. The van der Waals surface area contributed by atoms with Crippen molar-refractivity contribution in [2.45, 2.75) is 43.7 Å². The minimum atomic E-state index is -3.45. The number of hydrogen-bond acceptors (Lipinski definition) is 6. The van der Waals surface area contributed by atoms with Gasteiger partial charge < -0.3 is 9.30 Å². The van der Waals surface area contributed by atoms with Crippen LogP contribution in [0.1, 0.15) is 26.2 Å². The molecule has 10 heteroatoms. The number of sulfonamides is 1. The third kappa shape index (κ3) is 5.29. The van der Waals surface area contributed by atoms with Crippen LogP contribution in [0.3, 0.4) is 0 Å². The highest BCUT2D eigenvalue weighted by Gasteiger charge is 2.34. The van der Waals surface area contributed by atoms with E-state index in [0.717, 1.165) is 34.2 Å². The minimum absolute atomic E-state index is 0.374. The first-order valence-corrected chi connectivity index (χ1v) is 13.5. The van der Waals surface area contributed by atoms with E-state index in [1.54, 1.807) is 11.8 Å². The van der Waals surface area contributed by atoms with Crippen LogP contribution in [0.5, 0.6) is 0 Å². The number of fused-ring (bicyclic) bond motifs is 1. The molecule has 2 heterocycles. The van der Waals surface area contributed by atoms with Gasteiger partial charge in [-0.25, -0.2) is 8.42 Å². The lowest BCUT2D eigenvalue weighted by atomic mass is 10.0. The maximum atomic E-state index is 13.0. The Morgan fingerprint density at radius 3 is 2.86 bits per heavy atom. The van der Waals surface area contributed by atoms with Gasteiger partial charge >= 0.3 is 0 Å². The average Bonchev–Trinajstić information content (AvgIpc) is 3.03. The van der Waals surface area contributed by atoms with Gasteiger partial charge in [-0.15, -0.1) is 11.8 Å². The van der Waals surface area contributed by atoms with Crippen LogP contribution in [-0.4, -0.2) is 61.5 Å². The van der Waals surface area contributed by atoms with Crippen molar-refractivity contribution in [2.75, 3.05) is 32.3 Å². The highest BCUT2D eigenvalue weighted by molar-refractivity contribution is 7.98. The first kappa shape index (κ1) is 22.5. The number of thioether (sulfide) groups is 1. The number of amides is 1. The van der Waals surface area contributed by atoms with Crippen molar-refractivity contribution in [3.05, 3.63) is 23.0 Å². The van der Waals surface area contributed by atoms with Gasteiger partial charge in [0.25, 0.3) is 5.91 Å². The van der Waals surface area contributed by atoms with Gasteiger partial charge in [-0.05, 0) is 44.2 Å². The molecule has 3 rings (SSSR count). The van der Waals surface area contributed by atoms with Crippen molar-refractivity contribution in [1.29, 1.82) is 0 Å². The summed E-state index contributed by atoms with van der Waals surface area (Å²) in [6.45, 7) is 4.04. The van der Waals surface area contributed by atoms with E-state index in [9.17, 15) is 13.2 Å². The summed E-state index contributed by atoms with van der Waals surface area (Å²) in [6, 6.07) is 5.46. The molecular weight excluding hydrogens is 430 g/mol. The van der Waals surface area contributed by atoms with Crippen molar-refractivity contribution in [2.24, 2.45) is 4.99 Å². The highest BCUT2D eigenvalue weighted by Crippen LogP contribution is 2.25. The number of benzene rings is 1. The summed E-state index contributed by atoms with van der Waals surface area (Å²) in [5.41, 5.74) is 1.00. The van der Waals surface area contributed by atoms with E-state index in [1.807, 2.05) is 23.8 Å². The van der Waals surface area contributed by atoms with Crippen molar-refractivity contribution in [3.8, 4) is 0 Å². The molecule has 0 saturated carbocycles. The van der Waals surface area contributed by atoms with Gasteiger partial charge in [-0.1, -0.05) is 17.8 Å². The van der Waals surface area contributed by atoms with Crippen LogP contribution in [-0.2, 0) is 26.1 Å². The molecule has 1 aliphatic heterocycles. The molecule has 1 amide bonds. The number of carbonyl (C=O) groups excluding carboxylic acids is 1. The first-order chi connectivity index (χ1) is 13.8. The second-order valence-corrected chi connectivity index (χ2v) is 10.7. The van der Waals surface area contributed by atoms with Gasteiger partial charge in [-0.2, -0.15) is 9.30 Å². The summed E-state index contributed by atoms with van der Waals surface area (Å²) in [7, 11) is -3.45. The van der Waals surface area contributed by atoms with Gasteiger partial charge in [0.05, 0.1) is 23.1 Å². The Balaban J connectivity index is 2.02. The molecule has 0 spiro atoms. The Labute approximate surface area is 179 Å². The summed E-state index contributed by atoms with van der Waals surface area (Å²) in [5, 5.41) is 0. The second-order valence-electron chi connectivity index (χ2n) is 6.90. The number of hydrogen-bond donors (Lipinski definition) is 0. The summed E-state index contributed by atoms with van der Waals surface area (Å²) in [4.78, 5) is 19.1. The van der Waals surface area contributed by atoms with Crippen LogP contribution in [0, 0.1) is 0 Å². The van der Waals surface area contributed by atoms with Crippen LogP contribution in [0.2, 0.25) is 0 Å². The van der Waals surface area contributed by atoms with E-state index in [0.29, 0.717) is 37.5 Å². The quantitative estimate of drug-likeness (QED) is 0.472. The summed E-state index contributed by atoms with van der Waals surface area (Å²) >= 11 is 3.11. The SMILES string of the molecule is CCOCCn1c(=NC(=O)C2CCCCN2S(C)(=O)=O)sc2cc(SC)ccc21. The Morgan fingerprint density at radius 1 is 1.38 bits per heavy atom. The molecule has 1 aromatic heterocycles. The topological polar surface area (TPSA) is 81.0 Å². The van der Waals surface area contributed by atoms with Crippen molar-refractivity contribution >= 4 is 49.2 Å². The molecule has 1 fully saturated rings. The number of nitrogens with zero attached hydrogens (tertiary/aromatic N) is 3. The van der Waals surface area contributed by atoms with Gasteiger partial charge in [-0.3, -0.25) is 4.79 Å². The van der Waals surface area contributed by atoms with E-state index in [2.05, 4.69) is 17.1 Å². The molecule has 2 aromatic rings. The molecular formula is C19H27N3O4S3. The normalized spacial score (nSPS) is 19.1. The molecule has 1 aromatic carbocycles. The highest BCUT2D eigenvalue weighted by atomic mass is 32.2. The molecule has 1 unspecified atom stereocenters. The maximum Gasteiger partial charge on any atom is 0.266 e. The third-order valence-corrected chi connectivity index (χ3v) is 7.98. The Kier molecular flexibility index (Phi) is 7.55. The first-order valence-electron chi connectivity index (χ1n) is 9.65. The summed E-state index contributed by atoms with van der Waals surface area (Å²) < 4.78 is 34.1. The Bertz CT molecular complexity index is 1040. The molecule has 0 bridgehead atoms. The van der Waals surface area contributed by atoms with Gasteiger partial charge in [0, 0.05) is 24.6 Å². The molecule has 1 saturated heterocycles. The number of carbonyl (C=O) groups is 1. The van der Waals surface area contributed by atoms with Gasteiger partial charge in [0.15, 0.2) is 4.80 Å². The zero-order valence-electron chi connectivity index (χ0n) is 17.0. The summed E-state index contributed by atoms with van der Waals surface area (Å²) in [5.74, 6) is -0.392. The molecule has 1 aliphatic rings. The lowest BCUT2D eigenvalue weighted by molar-refractivity contribution is -0.122. The molecule has 0 radical (unpaired) electrons. The number of aromatic nitrogens is 1. The van der Waals surface area contributed by atoms with Crippen LogP contribution < -0.4 is 4.80 Å². The lowest BCUT2D eigenvalue weighted by Crippen LogP contribution is -2.47. The Morgan fingerprint density at radius 2 is 2.17 bits per heavy atom. The predicted molar refractivity (Wildman–Crippen MR) is 118 cm³/mol. The maximum absolute atomic E-state index is 13.0. The molecule has 29 heavy (non-hydrogen) atoms. The van der Waals surface area contributed by atoms with Crippen LogP contribution in [0.25, 0.3) is 10.2 Å². The predicted octanol–water partition coefficient (Wildman–Crippen LogP) is 2.70. The fraction of sp³-hybridized carbons (Fsp3) is 0.579. The third-order valence-electron chi connectivity index (χ3n) is 4.92. The molecule has 7 nitrogen and oxygen atoms in total. The van der Waals surface area contributed by atoms with Crippen LogP contribution in [0.4, 0.5) is 0 Å². The summed E-state index contributed by atoms with van der Waals surface area (Å²) in [6.07, 6.45) is 5.28.